The first kappa shape index (κ1) is 18.1. The minimum absolute atomic E-state index is 0.0338. The lowest BCUT2D eigenvalue weighted by Gasteiger charge is -2.08. The van der Waals surface area contributed by atoms with Crippen molar-refractivity contribution < 1.29 is 14.5 Å². The van der Waals surface area contributed by atoms with Crippen molar-refractivity contribution in [3.63, 3.8) is 0 Å². The van der Waals surface area contributed by atoms with E-state index in [9.17, 15) is 14.9 Å². The van der Waals surface area contributed by atoms with Crippen LogP contribution < -0.4 is 0 Å². The van der Waals surface area contributed by atoms with Gasteiger partial charge in [-0.2, -0.15) is 0 Å². The molecule has 0 bridgehead atoms. The van der Waals surface area contributed by atoms with Crippen LogP contribution >= 0.6 is 0 Å². The maximum atomic E-state index is 11.9. The van der Waals surface area contributed by atoms with Crippen molar-refractivity contribution in [1.29, 1.82) is 0 Å². The van der Waals surface area contributed by atoms with Crippen molar-refractivity contribution in [2.45, 2.75) is 13.2 Å². The normalized spacial score (nSPS) is 10.8. The Labute approximate surface area is 155 Å². The second-order valence-corrected chi connectivity index (χ2v) is 5.75. The number of aromatic nitrogens is 2. The Bertz CT molecular complexity index is 964. The molecule has 136 valence electrons. The standard InChI is InChI=1S/C20H17N3O4/c24-20(10-9-16-7-4-8-18(13-16)23(25)26)27-15-19-21-11-12-22(19)14-17-5-2-1-3-6-17/h1-13H,14-15H2. The van der Waals surface area contributed by atoms with Crippen LogP contribution in [0.15, 0.2) is 73.1 Å². The predicted molar refractivity (Wildman–Crippen MR) is 99.7 cm³/mol. The number of benzene rings is 2. The third kappa shape index (κ3) is 5.12. The van der Waals surface area contributed by atoms with E-state index in [0.717, 1.165) is 5.56 Å². The molecule has 0 radical (unpaired) electrons. The van der Waals surface area contributed by atoms with E-state index in [2.05, 4.69) is 4.98 Å². The van der Waals surface area contributed by atoms with E-state index in [1.165, 1.54) is 24.3 Å². The average molecular weight is 363 g/mol. The number of rotatable bonds is 7. The van der Waals surface area contributed by atoms with E-state index in [-0.39, 0.29) is 12.3 Å². The monoisotopic (exact) mass is 363 g/mol. The molecule has 0 aliphatic carbocycles. The highest BCUT2D eigenvalue weighted by Gasteiger charge is 2.07. The van der Waals surface area contributed by atoms with Gasteiger partial charge in [-0.05, 0) is 17.2 Å². The van der Waals surface area contributed by atoms with E-state index in [1.54, 1.807) is 18.3 Å². The summed E-state index contributed by atoms with van der Waals surface area (Å²) >= 11 is 0. The van der Waals surface area contributed by atoms with Crippen molar-refractivity contribution in [2.75, 3.05) is 0 Å². The fraction of sp³-hybridized carbons (Fsp3) is 0.100. The van der Waals surface area contributed by atoms with E-state index < -0.39 is 10.9 Å². The minimum Gasteiger partial charge on any atom is -0.454 e. The number of carbonyl (C=O) groups is 1. The fourth-order valence-corrected chi connectivity index (χ4v) is 2.49. The zero-order valence-corrected chi connectivity index (χ0v) is 14.4. The fourth-order valence-electron chi connectivity index (χ4n) is 2.49. The predicted octanol–water partition coefficient (Wildman–Crippen LogP) is 3.60. The number of esters is 1. The molecule has 0 spiro atoms. The van der Waals surface area contributed by atoms with Gasteiger partial charge in [0.2, 0.25) is 0 Å². The van der Waals surface area contributed by atoms with Crippen molar-refractivity contribution in [1.82, 2.24) is 9.55 Å². The molecule has 0 unspecified atom stereocenters. The number of nitro benzene ring substituents is 1. The molecular formula is C20H17N3O4. The van der Waals surface area contributed by atoms with Crippen LogP contribution in [-0.4, -0.2) is 20.4 Å². The van der Waals surface area contributed by atoms with E-state index in [4.69, 9.17) is 4.74 Å². The molecule has 7 heteroatoms. The lowest BCUT2D eigenvalue weighted by Crippen LogP contribution is -2.08. The summed E-state index contributed by atoms with van der Waals surface area (Å²) < 4.78 is 7.13. The van der Waals surface area contributed by atoms with Gasteiger partial charge in [0.15, 0.2) is 0 Å². The third-order valence-electron chi connectivity index (χ3n) is 3.83. The van der Waals surface area contributed by atoms with Gasteiger partial charge in [0.1, 0.15) is 12.4 Å². The summed E-state index contributed by atoms with van der Waals surface area (Å²) in [5.41, 5.74) is 1.63. The van der Waals surface area contributed by atoms with Crippen LogP contribution in [0.3, 0.4) is 0 Å². The van der Waals surface area contributed by atoms with Gasteiger partial charge in [0, 0.05) is 37.1 Å². The number of hydrogen-bond acceptors (Lipinski definition) is 5. The Morgan fingerprint density at radius 2 is 2.00 bits per heavy atom. The largest absolute Gasteiger partial charge is 0.454 e. The summed E-state index contributed by atoms with van der Waals surface area (Å²) in [5, 5.41) is 10.8. The van der Waals surface area contributed by atoms with Gasteiger partial charge >= 0.3 is 5.97 Å². The molecule has 0 aliphatic heterocycles. The molecule has 3 aromatic rings. The molecule has 7 nitrogen and oxygen atoms in total. The quantitative estimate of drug-likeness (QED) is 0.277. The number of imidazole rings is 1. The van der Waals surface area contributed by atoms with E-state index >= 15 is 0 Å². The van der Waals surface area contributed by atoms with Crippen molar-refractivity contribution in [3.05, 3.63) is 100 Å². The van der Waals surface area contributed by atoms with Gasteiger partial charge in [-0.1, -0.05) is 42.5 Å². The Kier molecular flexibility index (Phi) is 5.73. The van der Waals surface area contributed by atoms with Crippen LogP contribution in [0, 0.1) is 10.1 Å². The zero-order valence-electron chi connectivity index (χ0n) is 14.4. The summed E-state index contributed by atoms with van der Waals surface area (Å²) in [5.74, 6) is 0.0896. The molecule has 0 atom stereocenters. The first-order valence-electron chi connectivity index (χ1n) is 8.25. The number of carbonyl (C=O) groups excluding carboxylic acids is 1. The summed E-state index contributed by atoms with van der Waals surface area (Å²) in [6, 6.07) is 15.9. The Morgan fingerprint density at radius 3 is 2.78 bits per heavy atom. The molecule has 0 aliphatic rings. The molecule has 0 saturated heterocycles. The first-order valence-corrected chi connectivity index (χ1v) is 8.25. The zero-order chi connectivity index (χ0) is 19.1. The van der Waals surface area contributed by atoms with Crippen LogP contribution in [0.4, 0.5) is 5.69 Å². The molecule has 27 heavy (non-hydrogen) atoms. The lowest BCUT2D eigenvalue weighted by atomic mass is 10.2. The number of non-ortho nitro benzene ring substituents is 1. The van der Waals surface area contributed by atoms with Crippen LogP contribution in [0.2, 0.25) is 0 Å². The van der Waals surface area contributed by atoms with E-state index in [0.29, 0.717) is 17.9 Å². The van der Waals surface area contributed by atoms with Gasteiger partial charge in [-0.25, -0.2) is 9.78 Å². The molecular weight excluding hydrogens is 346 g/mol. The van der Waals surface area contributed by atoms with Crippen molar-refractivity contribution in [3.8, 4) is 0 Å². The Morgan fingerprint density at radius 1 is 1.19 bits per heavy atom. The van der Waals surface area contributed by atoms with Gasteiger partial charge in [0.25, 0.3) is 5.69 Å². The molecule has 2 aromatic carbocycles. The number of ether oxygens (including phenoxy) is 1. The maximum Gasteiger partial charge on any atom is 0.331 e. The molecule has 1 aromatic heterocycles. The van der Waals surface area contributed by atoms with E-state index in [1.807, 2.05) is 41.1 Å². The smallest absolute Gasteiger partial charge is 0.331 e. The number of nitro groups is 1. The van der Waals surface area contributed by atoms with Gasteiger partial charge in [0.05, 0.1) is 4.92 Å². The SMILES string of the molecule is O=C(C=Cc1cccc([N+](=O)[O-])c1)OCc1nccn1Cc1ccccc1. The van der Waals surface area contributed by atoms with Crippen molar-refractivity contribution >= 4 is 17.7 Å². The summed E-state index contributed by atoms with van der Waals surface area (Å²) in [6.45, 7) is 0.676. The number of hydrogen-bond donors (Lipinski definition) is 0. The highest BCUT2D eigenvalue weighted by molar-refractivity contribution is 5.87. The van der Waals surface area contributed by atoms with Crippen LogP contribution in [-0.2, 0) is 22.7 Å². The highest BCUT2D eigenvalue weighted by Crippen LogP contribution is 2.14. The van der Waals surface area contributed by atoms with Gasteiger partial charge < -0.3 is 9.30 Å². The first-order chi connectivity index (χ1) is 13.1. The van der Waals surface area contributed by atoms with Crippen LogP contribution in [0.5, 0.6) is 0 Å². The average Bonchev–Trinajstić information content (AvgIpc) is 3.12. The molecule has 1 heterocycles. The minimum atomic E-state index is -0.546. The molecule has 0 N–H and O–H groups in total. The lowest BCUT2D eigenvalue weighted by molar-refractivity contribution is -0.384. The molecule has 0 amide bonds. The Hall–Kier alpha value is -3.74. The molecule has 0 saturated carbocycles. The summed E-state index contributed by atoms with van der Waals surface area (Å²) in [4.78, 5) is 26.4. The number of nitrogens with zero attached hydrogens (tertiary/aromatic N) is 3. The third-order valence-corrected chi connectivity index (χ3v) is 3.83. The Balaban J connectivity index is 1.58. The second kappa shape index (κ2) is 8.57. The topological polar surface area (TPSA) is 87.3 Å². The van der Waals surface area contributed by atoms with Gasteiger partial charge in [-0.15, -0.1) is 0 Å². The summed E-state index contributed by atoms with van der Waals surface area (Å²) in [7, 11) is 0. The van der Waals surface area contributed by atoms with Gasteiger partial charge in [-0.3, -0.25) is 10.1 Å². The molecule has 0 fully saturated rings. The molecule has 3 rings (SSSR count). The van der Waals surface area contributed by atoms with Crippen LogP contribution in [0.25, 0.3) is 6.08 Å². The second-order valence-electron chi connectivity index (χ2n) is 5.75. The van der Waals surface area contributed by atoms with Crippen molar-refractivity contribution in [2.24, 2.45) is 0 Å². The highest BCUT2D eigenvalue weighted by atomic mass is 16.6. The van der Waals surface area contributed by atoms with Crippen LogP contribution in [0.1, 0.15) is 17.0 Å². The maximum absolute atomic E-state index is 11.9. The summed E-state index contributed by atoms with van der Waals surface area (Å²) in [6.07, 6.45) is 6.20.